The maximum absolute atomic E-state index is 14.0. The van der Waals surface area contributed by atoms with Crippen molar-refractivity contribution < 1.29 is 22.3 Å². The van der Waals surface area contributed by atoms with Crippen molar-refractivity contribution in [2.75, 3.05) is 37.0 Å². The molecule has 8 nitrogen and oxygen atoms in total. The van der Waals surface area contributed by atoms with Crippen LogP contribution in [0.15, 0.2) is 47.7 Å². The minimum absolute atomic E-state index is 0.00532. The zero-order chi connectivity index (χ0) is 27.3. The molecule has 0 aliphatic carbocycles. The van der Waals surface area contributed by atoms with Crippen molar-refractivity contribution in [2.24, 2.45) is 11.0 Å². The maximum Gasteiger partial charge on any atom is 0.419 e. The number of nitrogens with one attached hydrogen (secondary N) is 2. The third kappa shape index (κ3) is 5.82. The number of pyridine rings is 2. The molecule has 0 atom stereocenters. The highest BCUT2D eigenvalue weighted by Gasteiger charge is 2.35. The van der Waals surface area contributed by atoms with Gasteiger partial charge in [0.2, 0.25) is 0 Å². The van der Waals surface area contributed by atoms with E-state index in [1.54, 1.807) is 13.2 Å². The average molecular weight is 528 g/mol. The van der Waals surface area contributed by atoms with Crippen LogP contribution >= 0.6 is 0 Å². The van der Waals surface area contributed by atoms with Crippen LogP contribution in [0.3, 0.4) is 0 Å². The monoisotopic (exact) mass is 527 g/mol. The van der Waals surface area contributed by atoms with Crippen molar-refractivity contribution in [3.63, 3.8) is 0 Å². The molecule has 1 aliphatic heterocycles. The molecule has 2 aromatic heterocycles. The highest BCUT2D eigenvalue weighted by molar-refractivity contribution is 5.77. The Morgan fingerprint density at radius 1 is 1.24 bits per heavy atom. The van der Waals surface area contributed by atoms with E-state index in [1.165, 1.54) is 30.3 Å². The van der Waals surface area contributed by atoms with Gasteiger partial charge in [-0.3, -0.25) is 0 Å². The summed E-state index contributed by atoms with van der Waals surface area (Å²) in [4.78, 5) is 10.1. The van der Waals surface area contributed by atoms with Crippen molar-refractivity contribution in [3.8, 4) is 23.1 Å². The molecule has 3 heterocycles. The molecule has 1 aromatic carbocycles. The number of halogens is 4. The number of piperidine rings is 1. The van der Waals surface area contributed by atoms with Crippen molar-refractivity contribution >= 4 is 17.2 Å². The van der Waals surface area contributed by atoms with Crippen molar-refractivity contribution in [1.82, 2.24) is 9.97 Å². The summed E-state index contributed by atoms with van der Waals surface area (Å²) in [5.41, 5.74) is 6.71. The zero-order valence-electron chi connectivity index (χ0n) is 20.5. The minimum atomic E-state index is -4.68. The molecule has 0 bridgehead atoms. The second-order valence-electron chi connectivity index (χ2n) is 8.81. The number of aromatic nitrogens is 2. The van der Waals surface area contributed by atoms with Gasteiger partial charge < -0.3 is 15.0 Å². The van der Waals surface area contributed by atoms with Gasteiger partial charge in [-0.1, -0.05) is 0 Å². The van der Waals surface area contributed by atoms with E-state index in [9.17, 15) is 22.8 Å². The number of ether oxygens (including phenoxy) is 1. The Balaban J connectivity index is 1.45. The normalized spacial score (nSPS) is 14.2. The fraction of sp³-hybridized carbons (Fsp3) is 0.346. The summed E-state index contributed by atoms with van der Waals surface area (Å²) in [6, 6.07) is 9.81. The predicted octanol–water partition coefficient (Wildman–Crippen LogP) is 6.56. The lowest BCUT2D eigenvalue weighted by Gasteiger charge is -2.32. The molecular weight excluding hydrogens is 502 g/mol. The van der Waals surface area contributed by atoms with Crippen LogP contribution < -0.4 is 15.0 Å². The summed E-state index contributed by atoms with van der Waals surface area (Å²) in [7, 11) is 1.55. The highest BCUT2D eigenvalue weighted by atomic mass is 19.4. The smallest absolute Gasteiger partial charge is 0.419 e. The topological polar surface area (TPSA) is 110 Å². The van der Waals surface area contributed by atoms with E-state index in [0.717, 1.165) is 18.9 Å². The number of benzene rings is 1. The average Bonchev–Trinajstić information content (AvgIpc) is 2.92. The first-order chi connectivity index (χ1) is 18.2. The second-order valence-corrected chi connectivity index (χ2v) is 8.81. The number of rotatable bonds is 8. The first kappa shape index (κ1) is 26.8. The van der Waals surface area contributed by atoms with Crippen LogP contribution in [0.5, 0.6) is 5.75 Å². The van der Waals surface area contributed by atoms with E-state index in [1.807, 2.05) is 11.0 Å². The summed E-state index contributed by atoms with van der Waals surface area (Å²) in [5.74, 6) is -0.109. The first-order valence-electron chi connectivity index (χ1n) is 12.0. The van der Waals surface area contributed by atoms with Crippen LogP contribution in [0, 0.1) is 28.6 Å². The van der Waals surface area contributed by atoms with Crippen LogP contribution in [0.25, 0.3) is 11.3 Å². The SMILES string of the molecule is CNc1cc(-c2ccc(OCCC3CCN(c4ncccc4F)CC3)c(C(F)(F)F)c2)nc(C#N)c1N=N. The molecule has 38 heavy (non-hydrogen) atoms. The second kappa shape index (κ2) is 11.4. The molecule has 1 aliphatic rings. The van der Waals surface area contributed by atoms with E-state index in [0.29, 0.717) is 31.0 Å². The lowest BCUT2D eigenvalue weighted by molar-refractivity contribution is -0.138. The lowest BCUT2D eigenvalue weighted by Crippen LogP contribution is -2.35. The van der Waals surface area contributed by atoms with Crippen molar-refractivity contribution in [3.05, 3.63) is 59.7 Å². The molecule has 0 amide bonds. The van der Waals surface area contributed by atoms with E-state index in [-0.39, 0.29) is 46.7 Å². The Morgan fingerprint density at radius 2 is 2.00 bits per heavy atom. The Kier molecular flexibility index (Phi) is 8.05. The molecule has 1 saturated heterocycles. The molecule has 0 unspecified atom stereocenters. The summed E-state index contributed by atoms with van der Waals surface area (Å²) < 4.78 is 61.4. The van der Waals surface area contributed by atoms with Crippen LogP contribution in [-0.4, -0.2) is 36.7 Å². The highest BCUT2D eigenvalue weighted by Crippen LogP contribution is 2.40. The van der Waals surface area contributed by atoms with Gasteiger partial charge in [-0.25, -0.2) is 19.9 Å². The number of nitriles is 1. The minimum Gasteiger partial charge on any atom is -0.493 e. The van der Waals surface area contributed by atoms with E-state index in [4.69, 9.17) is 10.3 Å². The zero-order valence-corrected chi connectivity index (χ0v) is 20.5. The molecule has 0 saturated carbocycles. The largest absolute Gasteiger partial charge is 0.493 e. The van der Waals surface area contributed by atoms with Gasteiger partial charge in [0.1, 0.15) is 17.5 Å². The van der Waals surface area contributed by atoms with Gasteiger partial charge in [0.25, 0.3) is 0 Å². The molecule has 0 radical (unpaired) electrons. The number of hydrogen-bond donors (Lipinski definition) is 2. The lowest BCUT2D eigenvalue weighted by atomic mass is 9.94. The molecule has 3 aromatic rings. The fourth-order valence-electron chi connectivity index (χ4n) is 4.48. The third-order valence-electron chi connectivity index (χ3n) is 6.50. The van der Waals surface area contributed by atoms with Gasteiger partial charge in [0, 0.05) is 31.9 Å². The molecule has 1 fully saturated rings. The Hall–Kier alpha value is -4.27. The molecule has 2 N–H and O–H groups in total. The van der Waals surface area contributed by atoms with Crippen molar-refractivity contribution in [2.45, 2.75) is 25.4 Å². The Morgan fingerprint density at radius 3 is 2.63 bits per heavy atom. The van der Waals surface area contributed by atoms with E-state index in [2.05, 4.69) is 20.4 Å². The van der Waals surface area contributed by atoms with Gasteiger partial charge in [-0.2, -0.15) is 23.5 Å². The van der Waals surface area contributed by atoms with Crippen LogP contribution in [0.2, 0.25) is 0 Å². The molecule has 12 heteroatoms. The summed E-state index contributed by atoms with van der Waals surface area (Å²) in [5, 5.41) is 15.4. The predicted molar refractivity (Wildman–Crippen MR) is 133 cm³/mol. The molecule has 0 spiro atoms. The quantitative estimate of drug-likeness (QED) is 0.254. The molecule has 4 rings (SSSR count). The summed E-state index contributed by atoms with van der Waals surface area (Å²) >= 11 is 0. The third-order valence-corrected chi connectivity index (χ3v) is 6.50. The van der Waals surface area contributed by atoms with E-state index >= 15 is 0 Å². The fourth-order valence-corrected chi connectivity index (χ4v) is 4.48. The van der Waals surface area contributed by atoms with E-state index < -0.39 is 11.7 Å². The van der Waals surface area contributed by atoms with Crippen LogP contribution in [-0.2, 0) is 6.18 Å². The van der Waals surface area contributed by atoms with Gasteiger partial charge in [-0.15, -0.1) is 0 Å². The number of nitrogens with zero attached hydrogens (tertiary/aromatic N) is 5. The summed E-state index contributed by atoms with van der Waals surface area (Å²) in [6.07, 6.45) is -1.06. The Bertz CT molecular complexity index is 1350. The van der Waals surface area contributed by atoms with Crippen molar-refractivity contribution in [1.29, 1.82) is 10.8 Å². The molecular formula is C26H25F4N7O. The number of anilines is 2. The maximum atomic E-state index is 14.0. The molecule has 198 valence electrons. The van der Waals surface area contributed by atoms with Gasteiger partial charge in [0.05, 0.1) is 23.6 Å². The standard InChI is InChI=1S/C26H25F4N7O/c1-33-21-14-20(35-22(15-31)24(21)36-32)17-4-5-23(18(13-17)26(28,29)30)38-12-8-16-6-10-37(11-7-16)25-19(27)3-2-9-34-25/h2-5,9,13-14,16,32H,6-8,10-12H2,1H3,(H,33,35). The summed E-state index contributed by atoms with van der Waals surface area (Å²) in [6.45, 7) is 1.32. The first-order valence-corrected chi connectivity index (χ1v) is 12.0. The van der Waals surface area contributed by atoms with Crippen LogP contribution in [0.4, 0.5) is 34.8 Å². The van der Waals surface area contributed by atoms with Gasteiger partial charge in [-0.05, 0) is 61.6 Å². The number of alkyl halides is 3. The van der Waals surface area contributed by atoms with Gasteiger partial charge in [0.15, 0.2) is 17.3 Å². The Labute approximate surface area is 216 Å². The van der Waals surface area contributed by atoms with Crippen LogP contribution in [0.1, 0.15) is 30.5 Å². The van der Waals surface area contributed by atoms with Gasteiger partial charge >= 0.3 is 6.18 Å². The number of hydrogen-bond acceptors (Lipinski definition) is 8.